The lowest BCUT2D eigenvalue weighted by Crippen LogP contribution is -2.23. The third-order valence-electron chi connectivity index (χ3n) is 2.35. The first-order valence-electron chi connectivity index (χ1n) is 4.47. The van der Waals surface area contributed by atoms with E-state index in [0.717, 1.165) is 6.42 Å². The summed E-state index contributed by atoms with van der Waals surface area (Å²) in [5.74, 6) is -1.19. The lowest BCUT2D eigenvalue weighted by atomic mass is 9.86. The number of nitrogens with two attached hydrogens (primary N) is 1. The van der Waals surface area contributed by atoms with Crippen LogP contribution in [0.15, 0.2) is 0 Å². The van der Waals surface area contributed by atoms with Gasteiger partial charge >= 0.3 is 5.97 Å². The summed E-state index contributed by atoms with van der Waals surface area (Å²) in [7, 11) is 0. The van der Waals surface area contributed by atoms with Crippen molar-refractivity contribution in [2.45, 2.75) is 33.1 Å². The quantitative estimate of drug-likeness (QED) is 0.650. The molecule has 0 aliphatic carbocycles. The molecule has 0 radical (unpaired) electrons. The number of carboxylic acids is 1. The lowest BCUT2D eigenvalue weighted by molar-refractivity contribution is -0.138. The maximum Gasteiger partial charge on any atom is 0.303 e. The van der Waals surface area contributed by atoms with Gasteiger partial charge in [0.1, 0.15) is 0 Å². The maximum absolute atomic E-state index is 10.6. The van der Waals surface area contributed by atoms with E-state index in [0.29, 0.717) is 0 Å². The molecular formula is C9H17NO3. The number of primary amides is 1. The monoisotopic (exact) mass is 187 g/mol. The SMILES string of the molecule is CCC(C)C(CC(N)=O)CC(=O)O. The molecule has 0 fully saturated rings. The average molecular weight is 187 g/mol. The number of carbonyl (C=O) groups excluding carboxylic acids is 1. The van der Waals surface area contributed by atoms with Crippen molar-refractivity contribution < 1.29 is 14.7 Å². The van der Waals surface area contributed by atoms with Crippen LogP contribution in [-0.4, -0.2) is 17.0 Å². The summed E-state index contributed by atoms with van der Waals surface area (Å²) in [5.41, 5.74) is 5.03. The van der Waals surface area contributed by atoms with Gasteiger partial charge in [-0.3, -0.25) is 9.59 Å². The first-order chi connectivity index (χ1) is 5.97. The summed E-state index contributed by atoms with van der Waals surface area (Å²) in [6.07, 6.45) is 1.06. The molecule has 0 aromatic rings. The molecule has 0 aliphatic rings. The van der Waals surface area contributed by atoms with Gasteiger partial charge in [-0.25, -0.2) is 0 Å². The summed E-state index contributed by atoms with van der Waals surface area (Å²) < 4.78 is 0. The van der Waals surface area contributed by atoms with Gasteiger partial charge in [0.25, 0.3) is 0 Å². The van der Waals surface area contributed by atoms with Crippen LogP contribution in [0, 0.1) is 11.8 Å². The standard InChI is InChI=1S/C9H17NO3/c1-3-6(2)7(4-8(10)11)5-9(12)13/h6-7H,3-5H2,1-2H3,(H2,10,11)(H,12,13). The van der Waals surface area contributed by atoms with Crippen LogP contribution in [0.3, 0.4) is 0 Å². The Hall–Kier alpha value is -1.06. The minimum Gasteiger partial charge on any atom is -0.481 e. The van der Waals surface area contributed by atoms with Crippen LogP contribution in [0.5, 0.6) is 0 Å². The molecule has 0 saturated heterocycles. The van der Waals surface area contributed by atoms with Gasteiger partial charge in [-0.15, -0.1) is 0 Å². The molecule has 0 saturated carbocycles. The third kappa shape index (κ3) is 5.22. The van der Waals surface area contributed by atoms with Crippen LogP contribution >= 0.6 is 0 Å². The molecule has 4 nitrogen and oxygen atoms in total. The molecule has 0 rings (SSSR count). The topological polar surface area (TPSA) is 80.4 Å². The molecule has 0 heterocycles. The fraction of sp³-hybridized carbons (Fsp3) is 0.778. The van der Waals surface area contributed by atoms with E-state index in [9.17, 15) is 9.59 Å². The Morgan fingerprint density at radius 3 is 2.23 bits per heavy atom. The van der Waals surface area contributed by atoms with E-state index in [1.165, 1.54) is 0 Å². The fourth-order valence-electron chi connectivity index (χ4n) is 1.29. The Bertz CT molecular complexity index is 175. The highest BCUT2D eigenvalue weighted by Gasteiger charge is 2.20. The Morgan fingerprint density at radius 2 is 1.92 bits per heavy atom. The first kappa shape index (κ1) is 11.9. The molecule has 4 heteroatoms. The van der Waals surface area contributed by atoms with Gasteiger partial charge in [-0.2, -0.15) is 0 Å². The zero-order valence-electron chi connectivity index (χ0n) is 8.12. The van der Waals surface area contributed by atoms with Gasteiger partial charge in [0.15, 0.2) is 0 Å². The van der Waals surface area contributed by atoms with Gasteiger partial charge in [0, 0.05) is 12.8 Å². The van der Waals surface area contributed by atoms with Crippen molar-refractivity contribution in [3.8, 4) is 0 Å². The molecule has 2 unspecified atom stereocenters. The van der Waals surface area contributed by atoms with Crippen molar-refractivity contribution in [1.29, 1.82) is 0 Å². The molecule has 0 spiro atoms. The molecule has 0 aliphatic heterocycles. The number of carbonyl (C=O) groups is 2. The molecule has 0 aromatic carbocycles. The van der Waals surface area contributed by atoms with Gasteiger partial charge in [-0.05, 0) is 11.8 Å². The molecule has 13 heavy (non-hydrogen) atoms. The Kier molecular flexibility index (Phi) is 5.11. The highest BCUT2D eigenvalue weighted by Crippen LogP contribution is 2.22. The van der Waals surface area contributed by atoms with Crippen LogP contribution in [0.1, 0.15) is 33.1 Å². The first-order valence-corrected chi connectivity index (χ1v) is 4.47. The van der Waals surface area contributed by atoms with E-state index in [1.54, 1.807) is 0 Å². The van der Waals surface area contributed by atoms with E-state index >= 15 is 0 Å². The fourth-order valence-corrected chi connectivity index (χ4v) is 1.29. The molecule has 2 atom stereocenters. The van der Waals surface area contributed by atoms with Crippen LogP contribution in [0.4, 0.5) is 0 Å². The Morgan fingerprint density at radius 1 is 1.38 bits per heavy atom. The third-order valence-corrected chi connectivity index (χ3v) is 2.35. The van der Waals surface area contributed by atoms with Crippen molar-refractivity contribution in [2.24, 2.45) is 17.6 Å². The van der Waals surface area contributed by atoms with E-state index in [1.807, 2.05) is 13.8 Å². The largest absolute Gasteiger partial charge is 0.481 e. The highest BCUT2D eigenvalue weighted by molar-refractivity contribution is 5.75. The summed E-state index contributed by atoms with van der Waals surface area (Å²) in [6.45, 7) is 3.91. The van der Waals surface area contributed by atoms with E-state index in [-0.39, 0.29) is 24.7 Å². The minimum atomic E-state index is -0.869. The second kappa shape index (κ2) is 5.56. The summed E-state index contributed by atoms with van der Waals surface area (Å²) in [6, 6.07) is 0. The molecule has 0 bridgehead atoms. The normalized spacial score (nSPS) is 14.9. The number of hydrogen-bond acceptors (Lipinski definition) is 2. The Balaban J connectivity index is 4.17. The zero-order valence-corrected chi connectivity index (χ0v) is 8.12. The molecule has 1 amide bonds. The van der Waals surface area contributed by atoms with Gasteiger partial charge in [-0.1, -0.05) is 20.3 Å². The van der Waals surface area contributed by atoms with Gasteiger partial charge in [0.2, 0.25) is 5.91 Å². The lowest BCUT2D eigenvalue weighted by Gasteiger charge is -2.19. The summed E-state index contributed by atoms with van der Waals surface area (Å²) in [4.78, 5) is 21.1. The van der Waals surface area contributed by atoms with Gasteiger partial charge in [0.05, 0.1) is 0 Å². The summed E-state index contributed by atoms with van der Waals surface area (Å²) in [5, 5.41) is 8.59. The van der Waals surface area contributed by atoms with Crippen molar-refractivity contribution >= 4 is 11.9 Å². The average Bonchev–Trinajstić information content (AvgIpc) is 2.00. The minimum absolute atomic E-state index is 0.0257. The van der Waals surface area contributed by atoms with Gasteiger partial charge < -0.3 is 10.8 Å². The smallest absolute Gasteiger partial charge is 0.303 e. The number of carboxylic acid groups (broad SMARTS) is 1. The Labute approximate surface area is 78.1 Å². The molecule has 0 aromatic heterocycles. The van der Waals surface area contributed by atoms with Crippen molar-refractivity contribution in [1.82, 2.24) is 0 Å². The number of aliphatic carboxylic acids is 1. The van der Waals surface area contributed by atoms with Crippen LogP contribution in [0.2, 0.25) is 0 Å². The molecular weight excluding hydrogens is 170 g/mol. The van der Waals surface area contributed by atoms with Crippen molar-refractivity contribution in [3.63, 3.8) is 0 Å². The number of rotatable bonds is 6. The predicted molar refractivity (Wildman–Crippen MR) is 49.0 cm³/mol. The number of amides is 1. The van der Waals surface area contributed by atoms with E-state index in [4.69, 9.17) is 10.8 Å². The van der Waals surface area contributed by atoms with E-state index in [2.05, 4.69) is 0 Å². The second-order valence-electron chi connectivity index (χ2n) is 3.41. The van der Waals surface area contributed by atoms with Crippen LogP contribution in [-0.2, 0) is 9.59 Å². The maximum atomic E-state index is 10.6. The van der Waals surface area contributed by atoms with E-state index < -0.39 is 11.9 Å². The summed E-state index contributed by atoms with van der Waals surface area (Å²) >= 11 is 0. The molecule has 76 valence electrons. The van der Waals surface area contributed by atoms with Crippen molar-refractivity contribution in [3.05, 3.63) is 0 Å². The van der Waals surface area contributed by atoms with Crippen LogP contribution in [0.25, 0.3) is 0 Å². The predicted octanol–water partition coefficient (Wildman–Crippen LogP) is 0.999. The number of hydrogen-bond donors (Lipinski definition) is 2. The second-order valence-corrected chi connectivity index (χ2v) is 3.41. The highest BCUT2D eigenvalue weighted by atomic mass is 16.4. The van der Waals surface area contributed by atoms with Crippen LogP contribution < -0.4 is 5.73 Å². The van der Waals surface area contributed by atoms with Crippen molar-refractivity contribution in [2.75, 3.05) is 0 Å². The zero-order chi connectivity index (χ0) is 10.4. The molecule has 3 N–H and O–H groups in total.